The van der Waals surface area contributed by atoms with Crippen LogP contribution in [0.25, 0.3) is 21.5 Å². The first-order valence-electron chi connectivity index (χ1n) is 6.89. The largest absolute Gasteiger partial charge is 0.288 e. The third kappa shape index (κ3) is 1.49. The Kier molecular flexibility index (Phi) is 2.25. The number of nitrogens with one attached hydrogen (secondary N) is 1. The van der Waals surface area contributed by atoms with E-state index in [1.54, 1.807) is 0 Å². The minimum Gasteiger partial charge on any atom is -0.288 e. The Morgan fingerprint density at radius 1 is 0.810 bits per heavy atom. The quantitative estimate of drug-likeness (QED) is 0.504. The monoisotopic (exact) mass is 275 g/mol. The van der Waals surface area contributed by atoms with Crippen molar-refractivity contribution in [1.82, 2.24) is 5.32 Å². The lowest BCUT2D eigenvalue weighted by atomic mass is 9.89. The van der Waals surface area contributed by atoms with Crippen molar-refractivity contribution in [3.63, 3.8) is 0 Å². The van der Waals surface area contributed by atoms with Gasteiger partial charge in [-0.1, -0.05) is 42.0 Å². The molecule has 21 heavy (non-hydrogen) atoms. The smallest absolute Gasteiger partial charge is 0.259 e. The Balaban J connectivity index is 2.40. The molecule has 0 fully saturated rings. The van der Waals surface area contributed by atoms with Crippen molar-refractivity contribution >= 4 is 33.4 Å². The lowest BCUT2D eigenvalue weighted by molar-refractivity contribution is 0.0880. The van der Waals surface area contributed by atoms with E-state index in [0.29, 0.717) is 11.1 Å². The molecule has 0 bridgehead atoms. The first-order chi connectivity index (χ1) is 10.1. The fraction of sp³-hybridized carbons (Fsp3) is 0.111. The van der Waals surface area contributed by atoms with E-state index in [-0.39, 0.29) is 11.8 Å². The first kappa shape index (κ1) is 12.1. The molecule has 3 heteroatoms. The fourth-order valence-corrected chi connectivity index (χ4v) is 3.41. The molecule has 1 aliphatic heterocycles. The van der Waals surface area contributed by atoms with Crippen LogP contribution in [-0.2, 0) is 0 Å². The Morgan fingerprint density at radius 3 is 2.14 bits per heavy atom. The average molecular weight is 275 g/mol. The Hall–Kier alpha value is -2.68. The van der Waals surface area contributed by atoms with Gasteiger partial charge in [-0.15, -0.1) is 0 Å². The summed E-state index contributed by atoms with van der Waals surface area (Å²) in [6.07, 6.45) is 0. The van der Waals surface area contributed by atoms with E-state index in [9.17, 15) is 9.59 Å². The molecule has 3 nitrogen and oxygen atoms in total. The molecule has 0 saturated carbocycles. The molecule has 0 radical (unpaired) electrons. The number of benzene rings is 3. The van der Waals surface area contributed by atoms with Crippen molar-refractivity contribution in [2.45, 2.75) is 13.8 Å². The van der Waals surface area contributed by atoms with Gasteiger partial charge < -0.3 is 0 Å². The normalized spacial score (nSPS) is 13.8. The molecule has 0 spiro atoms. The van der Waals surface area contributed by atoms with Gasteiger partial charge >= 0.3 is 0 Å². The van der Waals surface area contributed by atoms with Gasteiger partial charge in [0.1, 0.15) is 0 Å². The maximum Gasteiger partial charge on any atom is 0.259 e. The summed E-state index contributed by atoms with van der Waals surface area (Å²) in [4.78, 5) is 24.4. The van der Waals surface area contributed by atoms with Gasteiger partial charge in [0.15, 0.2) is 0 Å². The zero-order valence-electron chi connectivity index (χ0n) is 11.8. The molecule has 3 aromatic rings. The van der Waals surface area contributed by atoms with Crippen molar-refractivity contribution in [3.05, 3.63) is 58.7 Å². The van der Waals surface area contributed by atoms with Crippen LogP contribution >= 0.6 is 0 Å². The van der Waals surface area contributed by atoms with Crippen molar-refractivity contribution < 1.29 is 9.59 Å². The lowest BCUT2D eigenvalue weighted by Crippen LogP contribution is -2.20. The number of carbonyl (C=O) groups is 2. The summed E-state index contributed by atoms with van der Waals surface area (Å²) in [5.74, 6) is -0.594. The number of imide groups is 1. The molecule has 1 N–H and O–H groups in total. The molecule has 0 saturated heterocycles. The second-order valence-electron chi connectivity index (χ2n) is 5.58. The van der Waals surface area contributed by atoms with Crippen LogP contribution in [0.5, 0.6) is 0 Å². The summed E-state index contributed by atoms with van der Waals surface area (Å²) in [5, 5.41) is 6.21. The van der Waals surface area contributed by atoms with Crippen LogP contribution in [-0.4, -0.2) is 11.8 Å². The summed E-state index contributed by atoms with van der Waals surface area (Å²) in [5.41, 5.74) is 3.23. The third-order valence-electron chi connectivity index (χ3n) is 4.15. The number of carbonyl (C=O) groups excluding carboxylic acids is 2. The van der Waals surface area contributed by atoms with Gasteiger partial charge in [0, 0.05) is 0 Å². The number of aryl methyl sites for hydroxylation is 2. The molecule has 0 aliphatic carbocycles. The maximum absolute atomic E-state index is 12.2. The van der Waals surface area contributed by atoms with Gasteiger partial charge in [0.25, 0.3) is 11.8 Å². The number of rotatable bonds is 0. The second kappa shape index (κ2) is 3.92. The molecule has 3 aromatic carbocycles. The van der Waals surface area contributed by atoms with E-state index in [1.807, 2.05) is 44.2 Å². The van der Waals surface area contributed by atoms with Crippen LogP contribution < -0.4 is 5.32 Å². The first-order valence-corrected chi connectivity index (χ1v) is 6.89. The van der Waals surface area contributed by atoms with Crippen LogP contribution in [0, 0.1) is 13.8 Å². The van der Waals surface area contributed by atoms with E-state index in [4.69, 9.17) is 0 Å². The minimum absolute atomic E-state index is 0.296. The minimum atomic E-state index is -0.299. The summed E-state index contributed by atoms with van der Waals surface area (Å²) < 4.78 is 0. The molecule has 0 aromatic heterocycles. The summed E-state index contributed by atoms with van der Waals surface area (Å²) in [6, 6.07) is 11.9. The zero-order chi connectivity index (χ0) is 14.7. The molecular formula is C18H13NO2. The van der Waals surface area contributed by atoms with E-state index in [1.165, 1.54) is 0 Å². The van der Waals surface area contributed by atoms with Gasteiger partial charge in [-0.05, 0) is 41.0 Å². The van der Waals surface area contributed by atoms with E-state index >= 15 is 0 Å². The highest BCUT2D eigenvalue weighted by molar-refractivity contribution is 6.34. The highest BCUT2D eigenvalue weighted by atomic mass is 16.2. The van der Waals surface area contributed by atoms with Crippen LogP contribution in [0.15, 0.2) is 36.4 Å². The Labute approximate surface area is 121 Å². The highest BCUT2D eigenvalue weighted by Crippen LogP contribution is 2.37. The van der Waals surface area contributed by atoms with E-state index < -0.39 is 0 Å². The number of hydrogen-bond acceptors (Lipinski definition) is 2. The van der Waals surface area contributed by atoms with Crippen molar-refractivity contribution in [3.8, 4) is 0 Å². The van der Waals surface area contributed by atoms with Crippen LogP contribution in [0.2, 0.25) is 0 Å². The zero-order valence-corrected chi connectivity index (χ0v) is 11.8. The molecule has 1 aliphatic rings. The van der Waals surface area contributed by atoms with Crippen molar-refractivity contribution in [1.29, 1.82) is 0 Å². The van der Waals surface area contributed by atoms with Gasteiger partial charge in [-0.25, -0.2) is 0 Å². The second-order valence-corrected chi connectivity index (χ2v) is 5.58. The predicted molar refractivity (Wildman–Crippen MR) is 82.7 cm³/mol. The van der Waals surface area contributed by atoms with Crippen LogP contribution in [0.3, 0.4) is 0 Å². The van der Waals surface area contributed by atoms with Crippen molar-refractivity contribution in [2.75, 3.05) is 0 Å². The summed E-state index contributed by atoms with van der Waals surface area (Å²) >= 11 is 0. The van der Waals surface area contributed by atoms with Crippen LogP contribution in [0.1, 0.15) is 31.8 Å². The molecule has 4 rings (SSSR count). The third-order valence-corrected chi connectivity index (χ3v) is 4.15. The lowest BCUT2D eigenvalue weighted by Gasteiger charge is -2.12. The fourth-order valence-electron chi connectivity index (χ4n) is 3.41. The number of amides is 2. The molecule has 1 heterocycles. The molecule has 0 atom stereocenters. The molecular weight excluding hydrogens is 262 g/mol. The molecule has 2 amide bonds. The van der Waals surface area contributed by atoms with Gasteiger partial charge in [0.2, 0.25) is 0 Å². The van der Waals surface area contributed by atoms with Gasteiger partial charge in [0.05, 0.1) is 11.1 Å². The molecule has 0 unspecified atom stereocenters. The summed E-state index contributed by atoms with van der Waals surface area (Å²) in [7, 11) is 0. The topological polar surface area (TPSA) is 46.2 Å². The maximum atomic E-state index is 12.2. The predicted octanol–water partition coefficient (Wildman–Crippen LogP) is 3.49. The van der Waals surface area contributed by atoms with Crippen molar-refractivity contribution in [2.24, 2.45) is 0 Å². The number of fused-ring (bicyclic) bond motifs is 6. The highest BCUT2D eigenvalue weighted by Gasteiger charge is 2.31. The Morgan fingerprint density at radius 2 is 1.43 bits per heavy atom. The van der Waals surface area contributed by atoms with Gasteiger partial charge in [-0.3, -0.25) is 14.9 Å². The number of hydrogen-bond donors (Lipinski definition) is 1. The standard InChI is InChI=1S/C18H13NO2/c1-9-7-10(2)14-11-5-3-4-6-12(11)15-16(13(14)8-9)18(21)19-17(15)20/h3-8H,1-2H3,(H,19,20,21). The van der Waals surface area contributed by atoms with Gasteiger partial charge in [-0.2, -0.15) is 0 Å². The van der Waals surface area contributed by atoms with Crippen LogP contribution in [0.4, 0.5) is 0 Å². The Bertz CT molecular complexity index is 970. The average Bonchev–Trinajstić information content (AvgIpc) is 2.74. The van der Waals surface area contributed by atoms with E-state index in [2.05, 4.69) is 11.4 Å². The summed E-state index contributed by atoms with van der Waals surface area (Å²) in [6.45, 7) is 4.05. The van der Waals surface area contributed by atoms with E-state index in [0.717, 1.165) is 32.7 Å². The SMILES string of the molecule is Cc1cc(C)c2c(c1)c1c(c3ccccc32)C(=O)NC1=O. The molecule has 102 valence electrons.